The first-order valence-electron chi connectivity index (χ1n) is 10.0. The molecule has 0 spiro atoms. The highest BCUT2D eigenvalue weighted by molar-refractivity contribution is 7.86. The third-order valence-electron chi connectivity index (χ3n) is 6.00. The quantitative estimate of drug-likeness (QED) is 0.368. The summed E-state index contributed by atoms with van der Waals surface area (Å²) in [6.07, 6.45) is 0.380. The van der Waals surface area contributed by atoms with E-state index in [4.69, 9.17) is 13.3 Å². The molecular weight excluding hydrogens is 408 g/mol. The molecule has 3 atom stereocenters. The second-order valence-corrected chi connectivity index (χ2v) is 15.7. The van der Waals surface area contributed by atoms with Crippen LogP contribution < -0.4 is 0 Å². The van der Waals surface area contributed by atoms with Gasteiger partial charge in [-0.05, 0) is 50.0 Å². The normalized spacial score (nSPS) is 23.6. The van der Waals surface area contributed by atoms with E-state index >= 15 is 0 Å². The Morgan fingerprint density at radius 3 is 2.10 bits per heavy atom. The summed E-state index contributed by atoms with van der Waals surface area (Å²) in [5.74, 6) is -0.795. The van der Waals surface area contributed by atoms with E-state index in [9.17, 15) is 13.2 Å². The minimum atomic E-state index is -3.92. The number of benzene rings is 1. The second kappa shape index (κ2) is 8.87. The molecular formula is C21H34O6SSi. The van der Waals surface area contributed by atoms with Gasteiger partial charge in [0.15, 0.2) is 8.32 Å². The lowest BCUT2D eigenvalue weighted by atomic mass is 9.85. The first-order valence-corrected chi connectivity index (χ1v) is 14.3. The highest BCUT2D eigenvalue weighted by atomic mass is 32.2. The van der Waals surface area contributed by atoms with Crippen LogP contribution in [0.15, 0.2) is 29.2 Å². The lowest BCUT2D eigenvalue weighted by molar-refractivity contribution is -0.149. The topological polar surface area (TPSA) is 78.9 Å². The van der Waals surface area contributed by atoms with Crippen molar-refractivity contribution in [2.45, 2.75) is 82.2 Å². The summed E-state index contributed by atoms with van der Waals surface area (Å²) in [5.41, 5.74) is 0.968. The highest BCUT2D eigenvalue weighted by Gasteiger charge is 2.43. The number of esters is 1. The largest absolute Gasteiger partial charge is 0.469 e. The Balaban J connectivity index is 2.21. The molecule has 0 aliphatic heterocycles. The van der Waals surface area contributed by atoms with Crippen LogP contribution >= 0.6 is 0 Å². The van der Waals surface area contributed by atoms with Crippen LogP contribution in [0.2, 0.25) is 18.1 Å². The molecule has 1 aliphatic rings. The highest BCUT2D eigenvalue weighted by Crippen LogP contribution is 2.40. The van der Waals surface area contributed by atoms with Gasteiger partial charge in [0, 0.05) is 12.5 Å². The molecule has 6 nitrogen and oxygen atoms in total. The molecule has 1 saturated carbocycles. The maximum absolute atomic E-state index is 12.7. The number of hydrogen-bond donors (Lipinski definition) is 0. The van der Waals surface area contributed by atoms with Crippen molar-refractivity contribution in [2.75, 3.05) is 7.11 Å². The molecule has 0 unspecified atom stereocenters. The van der Waals surface area contributed by atoms with Crippen molar-refractivity contribution in [3.8, 4) is 0 Å². The predicted octanol–water partition coefficient (Wildman–Crippen LogP) is 4.43. The fraction of sp³-hybridized carbons (Fsp3) is 0.667. The summed E-state index contributed by atoms with van der Waals surface area (Å²) >= 11 is 0. The van der Waals surface area contributed by atoms with Crippen molar-refractivity contribution in [1.82, 2.24) is 0 Å². The summed E-state index contributed by atoms with van der Waals surface area (Å²) in [6.45, 7) is 12.6. The summed E-state index contributed by atoms with van der Waals surface area (Å²) in [7, 11) is -4.66. The van der Waals surface area contributed by atoms with Gasteiger partial charge in [-0.25, -0.2) is 0 Å². The number of rotatable bonds is 6. The number of carbonyl (C=O) groups excluding carboxylic acids is 1. The molecule has 0 heterocycles. The molecule has 1 aliphatic carbocycles. The van der Waals surface area contributed by atoms with E-state index < -0.39 is 30.5 Å². The van der Waals surface area contributed by atoms with Crippen LogP contribution in [-0.4, -0.2) is 42.0 Å². The van der Waals surface area contributed by atoms with Gasteiger partial charge in [-0.2, -0.15) is 8.42 Å². The Kier molecular flexibility index (Phi) is 7.36. The van der Waals surface area contributed by atoms with Crippen LogP contribution in [0.25, 0.3) is 0 Å². The smallest absolute Gasteiger partial charge is 0.308 e. The minimum Gasteiger partial charge on any atom is -0.469 e. The van der Waals surface area contributed by atoms with Gasteiger partial charge >= 0.3 is 5.97 Å². The number of hydrogen-bond acceptors (Lipinski definition) is 6. The molecule has 8 heteroatoms. The molecule has 0 saturated heterocycles. The van der Waals surface area contributed by atoms with Gasteiger partial charge in [0.2, 0.25) is 0 Å². The van der Waals surface area contributed by atoms with Crippen LogP contribution in [0, 0.1) is 12.8 Å². The first kappa shape index (κ1) is 24.1. The van der Waals surface area contributed by atoms with Gasteiger partial charge in [0.25, 0.3) is 10.1 Å². The molecule has 164 valence electrons. The summed E-state index contributed by atoms with van der Waals surface area (Å²) in [5, 5.41) is 0.00946. The number of methoxy groups -OCH3 is 1. The monoisotopic (exact) mass is 442 g/mol. The third kappa shape index (κ3) is 6.13. The SMILES string of the molecule is COC(=O)[C@H]1C[C@@H](O[Si](C)(C)C(C)(C)C)C[C@@H](OS(=O)(=O)c2ccc(C)cc2)C1. The molecule has 29 heavy (non-hydrogen) atoms. The van der Waals surface area contributed by atoms with Gasteiger partial charge in [0.1, 0.15) is 0 Å². The first-order chi connectivity index (χ1) is 13.2. The molecule has 0 radical (unpaired) electrons. The average molecular weight is 443 g/mol. The van der Waals surface area contributed by atoms with Gasteiger partial charge < -0.3 is 9.16 Å². The minimum absolute atomic E-state index is 0.00946. The Labute approximate surface area is 176 Å². The van der Waals surface area contributed by atoms with Crippen LogP contribution in [0.4, 0.5) is 0 Å². The van der Waals surface area contributed by atoms with Crippen molar-refractivity contribution >= 4 is 24.4 Å². The number of carbonyl (C=O) groups is 1. The van der Waals surface area contributed by atoms with Crippen molar-refractivity contribution in [3.63, 3.8) is 0 Å². The lowest BCUT2D eigenvalue weighted by Gasteiger charge is -2.42. The lowest BCUT2D eigenvalue weighted by Crippen LogP contribution is -2.47. The zero-order chi connectivity index (χ0) is 22.0. The van der Waals surface area contributed by atoms with E-state index in [1.54, 1.807) is 12.1 Å². The maximum atomic E-state index is 12.7. The molecule has 1 aromatic carbocycles. The standard InChI is InChI=1S/C21H34O6SSi/c1-15-8-10-19(11-9-15)28(23,24)26-17-12-16(20(22)25-5)13-18(14-17)27-29(6,7)21(2,3)4/h8-11,16-18H,12-14H2,1-7H3/t16-,17+,18-/m1/s1. The summed E-state index contributed by atoms with van der Waals surface area (Å²) in [6, 6.07) is 6.54. The number of aryl methyl sites for hydroxylation is 1. The van der Waals surface area contributed by atoms with Gasteiger partial charge in [0.05, 0.1) is 24.0 Å². The van der Waals surface area contributed by atoms with Crippen molar-refractivity contribution < 1.29 is 26.6 Å². The van der Waals surface area contributed by atoms with E-state index in [2.05, 4.69) is 33.9 Å². The molecule has 0 aromatic heterocycles. The molecule has 0 amide bonds. The summed E-state index contributed by atoms with van der Waals surface area (Å²) in [4.78, 5) is 12.3. The van der Waals surface area contributed by atoms with Crippen LogP contribution in [0.5, 0.6) is 0 Å². The fourth-order valence-electron chi connectivity index (χ4n) is 3.28. The van der Waals surface area contributed by atoms with Crippen molar-refractivity contribution in [1.29, 1.82) is 0 Å². The maximum Gasteiger partial charge on any atom is 0.308 e. The van der Waals surface area contributed by atoms with Gasteiger partial charge in [-0.1, -0.05) is 38.5 Å². The van der Waals surface area contributed by atoms with Crippen LogP contribution in [0.1, 0.15) is 45.6 Å². The van der Waals surface area contributed by atoms with E-state index in [0.29, 0.717) is 19.3 Å². The molecule has 0 N–H and O–H groups in total. The van der Waals surface area contributed by atoms with Gasteiger partial charge in [-0.15, -0.1) is 0 Å². The fourth-order valence-corrected chi connectivity index (χ4v) is 5.76. The van der Waals surface area contributed by atoms with Crippen LogP contribution in [0.3, 0.4) is 0 Å². The van der Waals surface area contributed by atoms with Crippen molar-refractivity contribution in [2.24, 2.45) is 5.92 Å². The van der Waals surface area contributed by atoms with Crippen molar-refractivity contribution in [3.05, 3.63) is 29.8 Å². The van der Waals surface area contributed by atoms with E-state index in [1.807, 2.05) is 6.92 Å². The van der Waals surface area contributed by atoms with E-state index in [0.717, 1.165) is 5.56 Å². The average Bonchev–Trinajstić information content (AvgIpc) is 2.59. The molecule has 0 bridgehead atoms. The Morgan fingerprint density at radius 1 is 1.03 bits per heavy atom. The van der Waals surface area contributed by atoms with E-state index in [-0.39, 0.29) is 22.0 Å². The second-order valence-electron chi connectivity index (χ2n) is 9.41. The molecule has 1 fully saturated rings. The Morgan fingerprint density at radius 2 is 1.59 bits per heavy atom. The Hall–Kier alpha value is -1.22. The zero-order valence-electron chi connectivity index (χ0n) is 18.5. The van der Waals surface area contributed by atoms with Crippen LogP contribution in [-0.2, 0) is 28.3 Å². The number of ether oxygens (including phenoxy) is 1. The van der Waals surface area contributed by atoms with E-state index in [1.165, 1.54) is 19.2 Å². The Bertz CT molecular complexity index is 811. The third-order valence-corrected chi connectivity index (χ3v) is 11.9. The van der Waals surface area contributed by atoms with Gasteiger partial charge in [-0.3, -0.25) is 8.98 Å². The molecule has 1 aromatic rings. The zero-order valence-corrected chi connectivity index (χ0v) is 20.3. The summed E-state index contributed by atoms with van der Waals surface area (Å²) < 4.78 is 42.5. The predicted molar refractivity (Wildman–Crippen MR) is 115 cm³/mol. The molecule has 2 rings (SSSR count).